The predicted molar refractivity (Wildman–Crippen MR) is 76.6 cm³/mol. The molecular formula is C14H15NO2S2. The van der Waals surface area contributed by atoms with Crippen LogP contribution in [0.25, 0.3) is 0 Å². The first-order chi connectivity index (χ1) is 9.19. The van der Waals surface area contributed by atoms with Gasteiger partial charge in [-0.25, -0.2) is 8.42 Å². The van der Waals surface area contributed by atoms with Gasteiger partial charge in [0.05, 0.1) is 10.9 Å². The second-order valence-corrected chi connectivity index (χ2v) is 7.31. The number of rotatable bonds is 3. The van der Waals surface area contributed by atoms with Crippen LogP contribution in [0.3, 0.4) is 0 Å². The van der Waals surface area contributed by atoms with E-state index >= 15 is 0 Å². The van der Waals surface area contributed by atoms with E-state index in [9.17, 15) is 8.42 Å². The normalized spacial score (nSPS) is 20.7. The maximum Gasteiger partial charge on any atom is 0.243 e. The molecule has 1 aliphatic heterocycles. The van der Waals surface area contributed by atoms with E-state index in [1.807, 2.05) is 22.9 Å². The molecule has 0 radical (unpaired) electrons. The summed E-state index contributed by atoms with van der Waals surface area (Å²) in [5, 5.41) is 4.05. The molecule has 19 heavy (non-hydrogen) atoms. The lowest BCUT2D eigenvalue weighted by Gasteiger charge is -2.23. The molecule has 0 amide bonds. The third-order valence-electron chi connectivity index (χ3n) is 3.48. The van der Waals surface area contributed by atoms with E-state index in [4.69, 9.17) is 0 Å². The first kappa shape index (κ1) is 12.8. The largest absolute Gasteiger partial charge is 0.243 e. The van der Waals surface area contributed by atoms with Gasteiger partial charge in [-0.1, -0.05) is 18.2 Å². The van der Waals surface area contributed by atoms with Crippen LogP contribution in [-0.4, -0.2) is 19.3 Å². The fourth-order valence-electron chi connectivity index (χ4n) is 2.55. The topological polar surface area (TPSA) is 37.4 Å². The maximum atomic E-state index is 12.7. The van der Waals surface area contributed by atoms with Gasteiger partial charge in [-0.05, 0) is 47.4 Å². The van der Waals surface area contributed by atoms with Crippen LogP contribution < -0.4 is 0 Å². The average molecular weight is 293 g/mol. The standard InChI is InChI=1S/C14H15NO2S2/c16-19(17,13-5-2-1-3-6-13)15-9-4-7-14(15)12-8-10-18-11-12/h1-3,5-6,8,10-11,14H,4,7,9H2. The first-order valence-corrected chi connectivity index (χ1v) is 8.67. The van der Waals surface area contributed by atoms with Gasteiger partial charge >= 0.3 is 0 Å². The summed E-state index contributed by atoms with van der Waals surface area (Å²) in [7, 11) is -3.38. The van der Waals surface area contributed by atoms with Crippen LogP contribution in [0.1, 0.15) is 24.4 Å². The third kappa shape index (κ3) is 2.33. The van der Waals surface area contributed by atoms with Crippen LogP contribution in [0.5, 0.6) is 0 Å². The molecule has 0 N–H and O–H groups in total. The smallest absolute Gasteiger partial charge is 0.207 e. The van der Waals surface area contributed by atoms with Crippen molar-refractivity contribution < 1.29 is 8.42 Å². The predicted octanol–water partition coefficient (Wildman–Crippen LogP) is 3.27. The highest BCUT2D eigenvalue weighted by Crippen LogP contribution is 2.37. The molecule has 0 aliphatic carbocycles. The Morgan fingerprint density at radius 1 is 1.16 bits per heavy atom. The van der Waals surface area contributed by atoms with Crippen LogP contribution in [0.15, 0.2) is 52.1 Å². The zero-order valence-corrected chi connectivity index (χ0v) is 12.0. The highest BCUT2D eigenvalue weighted by Gasteiger charge is 2.36. The molecule has 5 heteroatoms. The number of sulfonamides is 1. The van der Waals surface area contributed by atoms with Crippen molar-refractivity contribution in [3.8, 4) is 0 Å². The molecule has 100 valence electrons. The molecule has 1 atom stereocenters. The maximum absolute atomic E-state index is 12.7. The minimum Gasteiger partial charge on any atom is -0.207 e. The SMILES string of the molecule is O=S(=O)(c1ccccc1)N1CCCC1c1ccsc1. The van der Waals surface area contributed by atoms with Gasteiger partial charge in [0.25, 0.3) is 0 Å². The van der Waals surface area contributed by atoms with E-state index in [-0.39, 0.29) is 6.04 Å². The van der Waals surface area contributed by atoms with Gasteiger partial charge in [0.2, 0.25) is 10.0 Å². The van der Waals surface area contributed by atoms with Gasteiger partial charge in [0, 0.05) is 6.54 Å². The fraction of sp³-hybridized carbons (Fsp3) is 0.286. The molecule has 3 nitrogen and oxygen atoms in total. The monoisotopic (exact) mass is 293 g/mol. The number of thiophene rings is 1. The molecule has 3 rings (SSSR count). The van der Waals surface area contributed by atoms with Crippen molar-refractivity contribution in [2.75, 3.05) is 6.54 Å². The molecule has 1 aromatic heterocycles. The fourth-order valence-corrected chi connectivity index (χ4v) is 4.96. The summed E-state index contributed by atoms with van der Waals surface area (Å²) < 4.78 is 27.0. The van der Waals surface area contributed by atoms with Gasteiger partial charge in [0.1, 0.15) is 0 Å². The molecule has 0 bridgehead atoms. The number of hydrogen-bond donors (Lipinski definition) is 0. The van der Waals surface area contributed by atoms with Crippen molar-refractivity contribution in [1.29, 1.82) is 0 Å². The van der Waals surface area contributed by atoms with Gasteiger partial charge in [-0.2, -0.15) is 15.6 Å². The van der Waals surface area contributed by atoms with E-state index in [0.29, 0.717) is 11.4 Å². The number of hydrogen-bond acceptors (Lipinski definition) is 3. The minimum atomic E-state index is -3.38. The van der Waals surface area contributed by atoms with Gasteiger partial charge in [-0.3, -0.25) is 0 Å². The van der Waals surface area contributed by atoms with E-state index in [0.717, 1.165) is 18.4 Å². The molecule has 1 fully saturated rings. The van der Waals surface area contributed by atoms with Gasteiger partial charge in [0.15, 0.2) is 0 Å². The van der Waals surface area contributed by atoms with E-state index in [1.165, 1.54) is 0 Å². The number of benzene rings is 1. The van der Waals surface area contributed by atoms with Crippen molar-refractivity contribution in [3.63, 3.8) is 0 Å². The molecule has 0 saturated carbocycles. The summed E-state index contributed by atoms with van der Waals surface area (Å²) in [4.78, 5) is 0.386. The lowest BCUT2D eigenvalue weighted by atomic mass is 10.1. The van der Waals surface area contributed by atoms with Crippen molar-refractivity contribution in [2.45, 2.75) is 23.8 Å². The van der Waals surface area contributed by atoms with Gasteiger partial charge in [-0.15, -0.1) is 0 Å². The summed E-state index contributed by atoms with van der Waals surface area (Å²) in [6.45, 7) is 0.609. The van der Waals surface area contributed by atoms with Gasteiger partial charge < -0.3 is 0 Å². The number of nitrogens with zero attached hydrogens (tertiary/aromatic N) is 1. The Morgan fingerprint density at radius 2 is 1.95 bits per heavy atom. The Balaban J connectivity index is 1.97. The summed E-state index contributed by atoms with van der Waals surface area (Å²) >= 11 is 1.61. The van der Waals surface area contributed by atoms with Crippen LogP contribution in [0, 0.1) is 0 Å². The highest BCUT2D eigenvalue weighted by atomic mass is 32.2. The van der Waals surface area contributed by atoms with Crippen LogP contribution in [-0.2, 0) is 10.0 Å². The Hall–Kier alpha value is -1.17. The first-order valence-electron chi connectivity index (χ1n) is 6.28. The Kier molecular flexibility index (Phi) is 3.43. The summed E-state index contributed by atoms with van der Waals surface area (Å²) in [6.07, 6.45) is 1.83. The highest BCUT2D eigenvalue weighted by molar-refractivity contribution is 7.89. The molecule has 0 spiro atoms. The summed E-state index contributed by atoms with van der Waals surface area (Å²) in [5.74, 6) is 0. The average Bonchev–Trinajstić information content (AvgIpc) is 3.10. The summed E-state index contributed by atoms with van der Waals surface area (Å²) in [6, 6.07) is 10.7. The molecule has 2 heterocycles. The van der Waals surface area contributed by atoms with E-state index in [2.05, 4.69) is 0 Å². The van der Waals surface area contributed by atoms with Crippen molar-refractivity contribution in [3.05, 3.63) is 52.7 Å². The zero-order valence-electron chi connectivity index (χ0n) is 10.4. The second-order valence-electron chi connectivity index (χ2n) is 4.64. The molecule has 1 aliphatic rings. The van der Waals surface area contributed by atoms with Crippen molar-refractivity contribution >= 4 is 21.4 Å². The summed E-state index contributed by atoms with van der Waals surface area (Å²) in [5.41, 5.74) is 1.11. The van der Waals surface area contributed by atoms with Crippen molar-refractivity contribution in [1.82, 2.24) is 4.31 Å². The molecular weight excluding hydrogens is 278 g/mol. The Bertz CT molecular complexity index is 635. The third-order valence-corrected chi connectivity index (χ3v) is 6.11. The van der Waals surface area contributed by atoms with Crippen molar-refractivity contribution in [2.24, 2.45) is 0 Å². The minimum absolute atomic E-state index is 0.00328. The molecule has 2 aromatic rings. The van der Waals surface area contributed by atoms with Crippen LogP contribution in [0.2, 0.25) is 0 Å². The lowest BCUT2D eigenvalue weighted by molar-refractivity contribution is 0.397. The second kappa shape index (κ2) is 5.07. The molecule has 1 saturated heterocycles. The van der Waals surface area contributed by atoms with Crippen LogP contribution >= 0.6 is 11.3 Å². The molecule has 1 aromatic carbocycles. The van der Waals surface area contributed by atoms with Crippen LogP contribution in [0.4, 0.5) is 0 Å². The molecule has 1 unspecified atom stereocenters. The Labute approximate surface area is 117 Å². The van der Waals surface area contributed by atoms with E-state index < -0.39 is 10.0 Å². The lowest BCUT2D eigenvalue weighted by Crippen LogP contribution is -2.30. The Morgan fingerprint density at radius 3 is 2.63 bits per heavy atom. The quantitative estimate of drug-likeness (QED) is 0.871. The zero-order chi connectivity index (χ0) is 13.3. The van der Waals surface area contributed by atoms with E-state index in [1.54, 1.807) is 39.9 Å².